The summed E-state index contributed by atoms with van der Waals surface area (Å²) >= 11 is 0. The molecule has 0 fully saturated rings. The second kappa shape index (κ2) is 5.86. The lowest BCUT2D eigenvalue weighted by molar-refractivity contribution is -0.120. The van der Waals surface area contributed by atoms with Gasteiger partial charge in [-0.3, -0.25) is 4.79 Å². The topological polar surface area (TPSA) is 79.5 Å². The summed E-state index contributed by atoms with van der Waals surface area (Å²) in [6.07, 6.45) is 3.12. The van der Waals surface area contributed by atoms with E-state index >= 15 is 0 Å². The van der Waals surface area contributed by atoms with Crippen molar-refractivity contribution in [2.75, 3.05) is 0 Å². The Hall–Kier alpha value is -2.56. The number of nitrogens with one attached hydrogen (secondary N) is 1. The van der Waals surface area contributed by atoms with Gasteiger partial charge in [0.1, 0.15) is 0 Å². The predicted octanol–water partition coefficient (Wildman–Crippen LogP) is 1.84. The van der Waals surface area contributed by atoms with Crippen LogP contribution in [0.5, 0.6) is 0 Å². The summed E-state index contributed by atoms with van der Waals surface area (Å²) in [6.45, 7) is 0.366. The van der Waals surface area contributed by atoms with Crippen LogP contribution in [0.25, 0.3) is 0 Å². The van der Waals surface area contributed by atoms with Gasteiger partial charge >= 0.3 is 5.97 Å². The molecule has 1 amide bonds. The number of carboxylic acid groups (broad SMARTS) is 1. The van der Waals surface area contributed by atoms with Crippen molar-refractivity contribution in [3.63, 3.8) is 0 Å². The first-order valence-corrected chi connectivity index (χ1v) is 5.76. The first kappa shape index (κ1) is 12.9. The first-order chi connectivity index (χ1) is 9.16. The number of hydrogen-bond donors (Lipinski definition) is 2. The lowest BCUT2D eigenvalue weighted by atomic mass is 10.0. The quantitative estimate of drug-likeness (QED) is 0.858. The summed E-state index contributed by atoms with van der Waals surface area (Å²) in [6, 6.07) is 8.23. The van der Waals surface area contributed by atoms with Crippen LogP contribution >= 0.6 is 0 Å². The second-order valence-electron chi connectivity index (χ2n) is 4.05. The van der Waals surface area contributed by atoms with Gasteiger partial charge in [0.25, 0.3) is 0 Å². The molecule has 0 aliphatic carbocycles. The van der Waals surface area contributed by atoms with Crippen molar-refractivity contribution in [3.05, 3.63) is 59.5 Å². The van der Waals surface area contributed by atoms with Gasteiger partial charge in [-0.15, -0.1) is 0 Å². The SMILES string of the molecule is O=C(Cc1ccccc1C(=O)O)NCc1ccoc1. The van der Waals surface area contributed by atoms with Crippen molar-refractivity contribution >= 4 is 11.9 Å². The van der Waals surface area contributed by atoms with Crippen molar-refractivity contribution in [1.29, 1.82) is 0 Å². The highest BCUT2D eigenvalue weighted by atomic mass is 16.4. The van der Waals surface area contributed by atoms with Crippen molar-refractivity contribution in [3.8, 4) is 0 Å². The molecule has 98 valence electrons. The van der Waals surface area contributed by atoms with E-state index in [0.717, 1.165) is 5.56 Å². The van der Waals surface area contributed by atoms with Crippen LogP contribution in [0, 0.1) is 0 Å². The molecular weight excluding hydrogens is 246 g/mol. The van der Waals surface area contributed by atoms with Gasteiger partial charge < -0.3 is 14.8 Å². The standard InChI is InChI=1S/C14H13NO4/c16-13(15-8-10-5-6-19-9-10)7-11-3-1-2-4-12(11)14(17)18/h1-6,9H,7-8H2,(H,15,16)(H,17,18). The molecule has 0 spiro atoms. The highest BCUT2D eigenvalue weighted by Gasteiger charge is 2.12. The normalized spacial score (nSPS) is 10.1. The zero-order valence-corrected chi connectivity index (χ0v) is 10.1. The molecule has 2 N–H and O–H groups in total. The van der Waals surface area contributed by atoms with Gasteiger partial charge in [0.15, 0.2) is 0 Å². The third-order valence-corrected chi connectivity index (χ3v) is 2.67. The van der Waals surface area contributed by atoms with E-state index in [1.54, 1.807) is 30.5 Å². The summed E-state index contributed by atoms with van der Waals surface area (Å²) in [4.78, 5) is 22.8. The molecule has 0 atom stereocenters. The number of aromatic carboxylic acids is 1. The molecule has 5 nitrogen and oxygen atoms in total. The molecule has 0 unspecified atom stereocenters. The average Bonchev–Trinajstić information content (AvgIpc) is 2.90. The van der Waals surface area contributed by atoms with Gasteiger partial charge in [-0.05, 0) is 17.7 Å². The van der Waals surface area contributed by atoms with Gasteiger partial charge in [0, 0.05) is 12.1 Å². The van der Waals surface area contributed by atoms with Crippen LogP contribution in [-0.4, -0.2) is 17.0 Å². The van der Waals surface area contributed by atoms with Gasteiger partial charge in [-0.25, -0.2) is 4.79 Å². The van der Waals surface area contributed by atoms with Crippen molar-refractivity contribution in [2.45, 2.75) is 13.0 Å². The number of hydrogen-bond acceptors (Lipinski definition) is 3. The van der Waals surface area contributed by atoms with E-state index in [1.165, 1.54) is 12.3 Å². The summed E-state index contributed by atoms with van der Waals surface area (Å²) in [5.74, 6) is -1.26. The molecular formula is C14H13NO4. The van der Waals surface area contributed by atoms with E-state index < -0.39 is 5.97 Å². The lowest BCUT2D eigenvalue weighted by Crippen LogP contribution is -2.25. The fourth-order valence-corrected chi connectivity index (χ4v) is 1.71. The van der Waals surface area contributed by atoms with Gasteiger partial charge in [0.05, 0.1) is 24.5 Å². The Kier molecular flexibility index (Phi) is 3.97. The largest absolute Gasteiger partial charge is 0.478 e. The van der Waals surface area contributed by atoms with Crippen LogP contribution in [0.2, 0.25) is 0 Å². The van der Waals surface area contributed by atoms with Crippen LogP contribution in [-0.2, 0) is 17.8 Å². The minimum absolute atomic E-state index is 0.0420. The molecule has 0 saturated heterocycles. The van der Waals surface area contributed by atoms with E-state index in [-0.39, 0.29) is 17.9 Å². The zero-order valence-electron chi connectivity index (χ0n) is 10.1. The molecule has 1 heterocycles. The Balaban J connectivity index is 1.97. The molecule has 0 radical (unpaired) electrons. The zero-order chi connectivity index (χ0) is 13.7. The van der Waals surface area contributed by atoms with E-state index in [0.29, 0.717) is 12.1 Å². The van der Waals surface area contributed by atoms with Crippen molar-refractivity contribution in [2.24, 2.45) is 0 Å². The second-order valence-corrected chi connectivity index (χ2v) is 4.05. The van der Waals surface area contributed by atoms with E-state index in [2.05, 4.69) is 5.32 Å². The Morgan fingerprint density at radius 1 is 1.21 bits per heavy atom. The number of carbonyl (C=O) groups excluding carboxylic acids is 1. The fourth-order valence-electron chi connectivity index (χ4n) is 1.71. The number of amides is 1. The smallest absolute Gasteiger partial charge is 0.335 e. The van der Waals surface area contributed by atoms with Crippen LogP contribution in [0.3, 0.4) is 0 Å². The maximum Gasteiger partial charge on any atom is 0.335 e. The van der Waals surface area contributed by atoms with Gasteiger partial charge in [-0.2, -0.15) is 0 Å². The average molecular weight is 259 g/mol. The molecule has 5 heteroatoms. The number of carboxylic acids is 1. The predicted molar refractivity (Wildman–Crippen MR) is 67.7 cm³/mol. The number of benzene rings is 1. The Labute approximate surface area is 109 Å². The van der Waals surface area contributed by atoms with Crippen LogP contribution in [0.15, 0.2) is 47.3 Å². The number of rotatable bonds is 5. The molecule has 0 bridgehead atoms. The molecule has 2 rings (SSSR count). The molecule has 2 aromatic rings. The highest BCUT2D eigenvalue weighted by molar-refractivity contribution is 5.91. The number of carbonyl (C=O) groups is 2. The summed E-state index contributed by atoms with van der Waals surface area (Å²) in [5.41, 5.74) is 1.51. The third-order valence-electron chi connectivity index (χ3n) is 2.67. The van der Waals surface area contributed by atoms with Crippen LogP contribution in [0.4, 0.5) is 0 Å². The Morgan fingerprint density at radius 2 is 2.00 bits per heavy atom. The lowest BCUT2D eigenvalue weighted by Gasteiger charge is -2.06. The first-order valence-electron chi connectivity index (χ1n) is 5.76. The van der Waals surface area contributed by atoms with Gasteiger partial charge in [0.2, 0.25) is 5.91 Å². The van der Waals surface area contributed by atoms with E-state index in [4.69, 9.17) is 9.52 Å². The molecule has 0 saturated carbocycles. The van der Waals surface area contributed by atoms with Gasteiger partial charge in [-0.1, -0.05) is 18.2 Å². The summed E-state index contributed by atoms with van der Waals surface area (Å²) in [5, 5.41) is 11.7. The van der Waals surface area contributed by atoms with Crippen LogP contribution < -0.4 is 5.32 Å². The minimum Gasteiger partial charge on any atom is -0.478 e. The molecule has 19 heavy (non-hydrogen) atoms. The summed E-state index contributed by atoms with van der Waals surface area (Å²) < 4.78 is 4.89. The molecule has 1 aromatic heterocycles. The Morgan fingerprint density at radius 3 is 2.68 bits per heavy atom. The minimum atomic E-state index is -1.03. The van der Waals surface area contributed by atoms with Crippen molar-refractivity contribution in [1.82, 2.24) is 5.32 Å². The number of furan rings is 1. The molecule has 0 aliphatic heterocycles. The summed E-state index contributed by atoms with van der Waals surface area (Å²) in [7, 11) is 0. The maximum absolute atomic E-state index is 11.7. The molecule has 1 aromatic carbocycles. The molecule has 0 aliphatic rings. The third kappa shape index (κ3) is 3.45. The van der Waals surface area contributed by atoms with Crippen molar-refractivity contribution < 1.29 is 19.1 Å². The maximum atomic E-state index is 11.7. The van der Waals surface area contributed by atoms with E-state index in [1.807, 2.05) is 0 Å². The monoisotopic (exact) mass is 259 g/mol. The van der Waals surface area contributed by atoms with E-state index in [9.17, 15) is 9.59 Å². The van der Waals surface area contributed by atoms with Crippen LogP contribution in [0.1, 0.15) is 21.5 Å². The fraction of sp³-hybridized carbons (Fsp3) is 0.143. The highest BCUT2D eigenvalue weighted by Crippen LogP contribution is 2.09. The Bertz CT molecular complexity index is 575.